The highest BCUT2D eigenvalue weighted by Gasteiger charge is 2.07. The smallest absolute Gasteiger partial charge is 0.251 e. The molecule has 0 atom stereocenters. The van der Waals surface area contributed by atoms with Crippen LogP contribution >= 0.6 is 0 Å². The SMILES string of the molecule is O=C(NCCc1ccccc1)c1cccc(Nc2ccc(-c3ccccc3)cn2)c1. The first-order valence-corrected chi connectivity index (χ1v) is 9.99. The molecular formula is C26H23N3O. The number of amides is 1. The third kappa shape index (κ3) is 5.11. The molecule has 1 aromatic heterocycles. The predicted octanol–water partition coefficient (Wildman–Crippen LogP) is 5.46. The number of carbonyl (C=O) groups excluding carboxylic acids is 1. The standard InChI is InChI=1S/C26H23N3O/c30-26(27-17-16-20-8-3-1-4-9-20)22-12-7-13-24(18-22)29-25-15-14-23(19-28-25)21-10-5-2-6-11-21/h1-15,18-19H,16-17H2,(H,27,30)(H,28,29). The van der Waals surface area contributed by atoms with Gasteiger partial charge in [0, 0.05) is 29.6 Å². The molecule has 0 aliphatic rings. The van der Waals surface area contributed by atoms with Crippen molar-refractivity contribution < 1.29 is 4.79 Å². The van der Waals surface area contributed by atoms with Crippen molar-refractivity contribution in [2.24, 2.45) is 0 Å². The minimum absolute atomic E-state index is 0.0815. The zero-order valence-electron chi connectivity index (χ0n) is 16.6. The molecule has 30 heavy (non-hydrogen) atoms. The van der Waals surface area contributed by atoms with Crippen molar-refractivity contribution in [3.8, 4) is 11.1 Å². The van der Waals surface area contributed by atoms with Crippen molar-refractivity contribution in [3.05, 3.63) is 114 Å². The van der Waals surface area contributed by atoms with Gasteiger partial charge in [0.25, 0.3) is 5.91 Å². The van der Waals surface area contributed by atoms with Gasteiger partial charge in [-0.25, -0.2) is 4.98 Å². The van der Waals surface area contributed by atoms with Crippen molar-refractivity contribution in [3.63, 3.8) is 0 Å². The van der Waals surface area contributed by atoms with Gasteiger partial charge in [-0.3, -0.25) is 4.79 Å². The number of pyridine rings is 1. The monoisotopic (exact) mass is 393 g/mol. The fourth-order valence-electron chi connectivity index (χ4n) is 3.22. The number of anilines is 2. The van der Waals surface area contributed by atoms with Gasteiger partial charge in [0.15, 0.2) is 0 Å². The van der Waals surface area contributed by atoms with Crippen molar-refractivity contribution in [1.29, 1.82) is 0 Å². The van der Waals surface area contributed by atoms with Crippen molar-refractivity contribution >= 4 is 17.4 Å². The van der Waals surface area contributed by atoms with E-state index in [1.165, 1.54) is 5.56 Å². The van der Waals surface area contributed by atoms with E-state index in [-0.39, 0.29) is 5.91 Å². The number of nitrogens with zero attached hydrogens (tertiary/aromatic N) is 1. The fourth-order valence-corrected chi connectivity index (χ4v) is 3.22. The van der Waals surface area contributed by atoms with Crippen LogP contribution < -0.4 is 10.6 Å². The van der Waals surface area contributed by atoms with E-state index >= 15 is 0 Å². The van der Waals surface area contributed by atoms with Gasteiger partial charge in [-0.2, -0.15) is 0 Å². The lowest BCUT2D eigenvalue weighted by molar-refractivity contribution is 0.0954. The summed E-state index contributed by atoms with van der Waals surface area (Å²) in [6.45, 7) is 0.600. The van der Waals surface area contributed by atoms with Crippen LogP contribution in [0.3, 0.4) is 0 Å². The summed E-state index contributed by atoms with van der Waals surface area (Å²) in [6.07, 6.45) is 2.65. The van der Waals surface area contributed by atoms with Crippen LogP contribution in [0.2, 0.25) is 0 Å². The van der Waals surface area contributed by atoms with E-state index in [1.54, 1.807) is 0 Å². The van der Waals surface area contributed by atoms with Gasteiger partial charge in [0.2, 0.25) is 0 Å². The van der Waals surface area contributed by atoms with E-state index in [0.717, 1.165) is 29.1 Å². The molecule has 4 aromatic rings. The molecule has 4 rings (SSSR count). The van der Waals surface area contributed by atoms with Gasteiger partial charge in [-0.1, -0.05) is 66.7 Å². The first-order valence-electron chi connectivity index (χ1n) is 9.99. The summed E-state index contributed by atoms with van der Waals surface area (Å²) in [5, 5.41) is 6.25. The summed E-state index contributed by atoms with van der Waals surface area (Å²) in [5.74, 6) is 0.651. The van der Waals surface area contributed by atoms with Gasteiger partial charge >= 0.3 is 0 Å². The maximum Gasteiger partial charge on any atom is 0.251 e. The fraction of sp³-hybridized carbons (Fsp3) is 0.0769. The molecule has 148 valence electrons. The van der Waals surface area contributed by atoms with Gasteiger partial charge in [-0.15, -0.1) is 0 Å². The van der Waals surface area contributed by atoms with Crippen LogP contribution in [-0.2, 0) is 6.42 Å². The first-order chi connectivity index (χ1) is 14.8. The second-order valence-corrected chi connectivity index (χ2v) is 7.00. The summed E-state index contributed by atoms with van der Waals surface area (Å²) in [6, 6.07) is 31.7. The topological polar surface area (TPSA) is 54.0 Å². The highest BCUT2D eigenvalue weighted by atomic mass is 16.1. The molecule has 1 amide bonds. The lowest BCUT2D eigenvalue weighted by atomic mass is 10.1. The normalized spacial score (nSPS) is 10.4. The maximum atomic E-state index is 12.5. The second kappa shape index (κ2) is 9.52. The molecule has 0 radical (unpaired) electrons. The van der Waals surface area contributed by atoms with Crippen molar-refractivity contribution in [2.45, 2.75) is 6.42 Å². The molecule has 0 saturated heterocycles. The summed E-state index contributed by atoms with van der Waals surface area (Å²) >= 11 is 0. The Bertz CT molecular complexity index is 1090. The average Bonchev–Trinajstić information content (AvgIpc) is 2.81. The molecule has 0 fully saturated rings. The van der Waals surface area contributed by atoms with E-state index in [1.807, 2.05) is 79.0 Å². The van der Waals surface area contributed by atoms with Crippen molar-refractivity contribution in [2.75, 3.05) is 11.9 Å². The van der Waals surface area contributed by atoms with E-state index in [2.05, 4.69) is 39.9 Å². The quantitative estimate of drug-likeness (QED) is 0.438. The largest absolute Gasteiger partial charge is 0.352 e. The lowest BCUT2D eigenvalue weighted by Gasteiger charge is -2.09. The van der Waals surface area contributed by atoms with Crippen LogP contribution in [0, 0.1) is 0 Å². The zero-order chi connectivity index (χ0) is 20.6. The number of aromatic nitrogens is 1. The van der Waals surface area contributed by atoms with E-state index in [9.17, 15) is 4.79 Å². The van der Waals surface area contributed by atoms with Crippen LogP contribution in [0.5, 0.6) is 0 Å². The highest BCUT2D eigenvalue weighted by molar-refractivity contribution is 5.95. The average molecular weight is 393 g/mol. The van der Waals surface area contributed by atoms with Crippen LogP contribution in [-0.4, -0.2) is 17.4 Å². The number of nitrogens with one attached hydrogen (secondary N) is 2. The molecule has 0 aliphatic carbocycles. The van der Waals surface area contributed by atoms with Crippen LogP contribution in [0.15, 0.2) is 103 Å². The Kier molecular flexibility index (Phi) is 6.16. The molecule has 2 N–H and O–H groups in total. The molecule has 0 saturated carbocycles. The Balaban J connectivity index is 1.36. The first kappa shape index (κ1) is 19.4. The molecule has 0 spiro atoms. The molecule has 1 heterocycles. The Morgan fingerprint density at radius 2 is 1.53 bits per heavy atom. The number of hydrogen-bond acceptors (Lipinski definition) is 3. The molecular weight excluding hydrogens is 370 g/mol. The number of hydrogen-bond donors (Lipinski definition) is 2. The van der Waals surface area contributed by atoms with Crippen molar-refractivity contribution in [1.82, 2.24) is 10.3 Å². The Morgan fingerprint density at radius 1 is 0.767 bits per heavy atom. The second-order valence-electron chi connectivity index (χ2n) is 7.00. The van der Waals surface area contributed by atoms with Gasteiger partial charge in [0.1, 0.15) is 5.82 Å². The molecule has 0 aliphatic heterocycles. The Morgan fingerprint density at radius 3 is 2.27 bits per heavy atom. The van der Waals surface area contributed by atoms with Crippen LogP contribution in [0.4, 0.5) is 11.5 Å². The Hall–Kier alpha value is -3.92. The molecule has 0 unspecified atom stereocenters. The van der Waals surface area contributed by atoms with Gasteiger partial charge in [-0.05, 0) is 47.9 Å². The summed E-state index contributed by atoms with van der Waals surface area (Å²) < 4.78 is 0. The number of carbonyl (C=O) groups is 1. The van der Waals surface area contributed by atoms with Gasteiger partial charge < -0.3 is 10.6 Å². The third-order valence-electron chi connectivity index (χ3n) is 4.81. The number of benzene rings is 3. The summed E-state index contributed by atoms with van der Waals surface area (Å²) in [7, 11) is 0. The maximum absolute atomic E-state index is 12.5. The third-order valence-corrected chi connectivity index (χ3v) is 4.81. The minimum atomic E-state index is -0.0815. The molecule has 4 nitrogen and oxygen atoms in total. The lowest BCUT2D eigenvalue weighted by Crippen LogP contribution is -2.25. The zero-order valence-corrected chi connectivity index (χ0v) is 16.6. The molecule has 4 heteroatoms. The molecule has 3 aromatic carbocycles. The highest BCUT2D eigenvalue weighted by Crippen LogP contribution is 2.21. The van der Waals surface area contributed by atoms with Gasteiger partial charge in [0.05, 0.1) is 0 Å². The minimum Gasteiger partial charge on any atom is -0.352 e. The van der Waals surface area contributed by atoms with Crippen LogP contribution in [0.1, 0.15) is 15.9 Å². The van der Waals surface area contributed by atoms with Crippen LogP contribution in [0.25, 0.3) is 11.1 Å². The molecule has 0 bridgehead atoms. The van der Waals surface area contributed by atoms with E-state index in [4.69, 9.17) is 0 Å². The van der Waals surface area contributed by atoms with E-state index in [0.29, 0.717) is 12.1 Å². The number of rotatable bonds is 7. The summed E-state index contributed by atoms with van der Waals surface area (Å²) in [4.78, 5) is 17.0. The predicted molar refractivity (Wildman–Crippen MR) is 122 cm³/mol. The Labute approximate surface area is 176 Å². The van der Waals surface area contributed by atoms with E-state index < -0.39 is 0 Å². The summed E-state index contributed by atoms with van der Waals surface area (Å²) in [5.41, 5.74) is 4.84.